The Balaban J connectivity index is 0.000000251. The number of fused-ring (bicyclic) bond motifs is 1. The molecule has 2 aliphatic carbocycles. The van der Waals surface area contributed by atoms with Gasteiger partial charge in [0.1, 0.15) is 11.5 Å². The van der Waals surface area contributed by atoms with Crippen LogP contribution in [-0.4, -0.2) is 35.4 Å². The average Bonchev–Trinajstić information content (AvgIpc) is 3.23. The molecule has 0 aromatic carbocycles. The Labute approximate surface area is 144 Å². The van der Waals surface area contributed by atoms with E-state index in [-0.39, 0.29) is 17.0 Å². The van der Waals surface area contributed by atoms with E-state index in [1.54, 1.807) is 6.07 Å². The van der Waals surface area contributed by atoms with Gasteiger partial charge in [-0.15, -0.1) is 17.0 Å². The smallest absolute Gasteiger partial charge is 0.135 e. The first-order valence-corrected chi connectivity index (χ1v) is 8.24. The standard InChI is InChI=1S/C12H23NO.C6H4O.BrH/c1-3-5-8-13-9-6-11(7-10-13)12(14)4-2;7-6-2-1-4-3-5(4)6;/h11H,3-10H2,1-2H3;1-3,7H;1H. The molecule has 0 spiro atoms. The molecule has 3 aliphatic rings. The Hall–Kier alpha value is -0.870. The molecule has 1 fully saturated rings. The number of rotatable bonds is 5. The highest BCUT2D eigenvalue weighted by Crippen LogP contribution is 2.42. The van der Waals surface area contributed by atoms with E-state index in [9.17, 15) is 4.79 Å². The monoisotopic (exact) mass is 369 g/mol. The number of halogens is 1. The number of ketones is 1. The van der Waals surface area contributed by atoms with E-state index in [0.29, 0.717) is 17.5 Å². The first-order valence-electron chi connectivity index (χ1n) is 8.24. The normalized spacial score (nSPS) is 16.3. The van der Waals surface area contributed by atoms with Crippen LogP contribution in [0.25, 0.3) is 11.1 Å². The minimum absolute atomic E-state index is 0. The van der Waals surface area contributed by atoms with E-state index in [1.807, 2.05) is 19.1 Å². The van der Waals surface area contributed by atoms with Crippen LogP contribution in [0.3, 0.4) is 0 Å². The second-order valence-electron chi connectivity index (χ2n) is 6.02. The highest BCUT2D eigenvalue weighted by molar-refractivity contribution is 8.93. The highest BCUT2D eigenvalue weighted by Gasteiger charge is 2.22. The van der Waals surface area contributed by atoms with Crippen molar-refractivity contribution in [2.24, 2.45) is 5.92 Å². The van der Waals surface area contributed by atoms with Crippen LogP contribution in [0.1, 0.15) is 46.0 Å². The Morgan fingerprint density at radius 1 is 1.27 bits per heavy atom. The number of phenolic OH excluding ortho intramolecular Hbond substituents is 1. The molecule has 22 heavy (non-hydrogen) atoms. The van der Waals surface area contributed by atoms with E-state index in [0.717, 1.165) is 37.9 Å². The number of piperidine rings is 1. The van der Waals surface area contributed by atoms with E-state index in [4.69, 9.17) is 5.11 Å². The van der Waals surface area contributed by atoms with Crippen LogP contribution in [0, 0.1) is 5.92 Å². The number of nitrogens with zero attached hydrogens (tertiary/aromatic N) is 1. The number of phenols is 1. The predicted molar refractivity (Wildman–Crippen MR) is 96.8 cm³/mol. The van der Waals surface area contributed by atoms with Crippen LogP contribution in [0.4, 0.5) is 0 Å². The molecule has 0 aromatic rings. The van der Waals surface area contributed by atoms with E-state index in [2.05, 4.69) is 11.8 Å². The second kappa shape index (κ2) is 9.31. The van der Waals surface area contributed by atoms with E-state index in [1.165, 1.54) is 24.9 Å². The molecule has 0 aromatic heterocycles. The van der Waals surface area contributed by atoms with Crippen molar-refractivity contribution >= 4 is 22.8 Å². The molecular formula is C18H28BrNO2. The number of unbranched alkanes of at least 4 members (excludes halogenated alkanes) is 1. The molecule has 0 atom stereocenters. The van der Waals surface area contributed by atoms with Crippen LogP contribution < -0.4 is 0 Å². The van der Waals surface area contributed by atoms with Gasteiger partial charge in [0.15, 0.2) is 0 Å². The Morgan fingerprint density at radius 2 is 1.95 bits per heavy atom. The Bertz CT molecular complexity index is 482. The molecule has 0 radical (unpaired) electrons. The first kappa shape index (κ1) is 19.2. The van der Waals surface area contributed by atoms with Crippen molar-refractivity contribution in [3.05, 3.63) is 18.2 Å². The third-order valence-corrected chi connectivity index (χ3v) is 4.44. The SMILES string of the molecule is Br.CCCCN1CCC(C(=O)CC)CC1.Oc1ccc2cc1-2. The lowest BCUT2D eigenvalue weighted by molar-refractivity contribution is -0.123. The number of benzene rings is 1. The topological polar surface area (TPSA) is 40.5 Å². The molecule has 124 valence electrons. The van der Waals surface area contributed by atoms with Gasteiger partial charge in [-0.1, -0.05) is 26.3 Å². The molecule has 1 N–H and O–H groups in total. The molecular weight excluding hydrogens is 342 g/mol. The minimum atomic E-state index is 0. The molecule has 3 nitrogen and oxygen atoms in total. The fourth-order valence-corrected chi connectivity index (χ4v) is 2.89. The zero-order chi connectivity index (χ0) is 15.2. The van der Waals surface area contributed by atoms with Crippen molar-refractivity contribution in [3.63, 3.8) is 0 Å². The van der Waals surface area contributed by atoms with Gasteiger partial charge in [0, 0.05) is 17.9 Å². The van der Waals surface area contributed by atoms with Crippen molar-refractivity contribution < 1.29 is 9.90 Å². The summed E-state index contributed by atoms with van der Waals surface area (Å²) in [5.41, 5.74) is 2.22. The fraction of sp³-hybridized carbons (Fsp3) is 0.611. The maximum Gasteiger partial charge on any atom is 0.135 e. The number of Topliss-reactive ketones (excluding diaryl/α,β-unsaturated/α-hetero) is 1. The van der Waals surface area contributed by atoms with Crippen LogP contribution in [0.5, 0.6) is 5.75 Å². The van der Waals surface area contributed by atoms with Gasteiger partial charge in [0.25, 0.3) is 0 Å². The average molecular weight is 370 g/mol. The summed E-state index contributed by atoms with van der Waals surface area (Å²) in [6.07, 6.45) is 5.48. The number of likely N-dealkylation sites (tertiary alicyclic amines) is 1. The van der Waals surface area contributed by atoms with Gasteiger partial charge < -0.3 is 10.0 Å². The van der Waals surface area contributed by atoms with Crippen LogP contribution in [-0.2, 0) is 4.79 Å². The summed E-state index contributed by atoms with van der Waals surface area (Å²) in [5.74, 6) is 1.27. The summed E-state index contributed by atoms with van der Waals surface area (Å²) in [4.78, 5) is 14.0. The Morgan fingerprint density at radius 3 is 2.32 bits per heavy atom. The molecule has 1 aliphatic heterocycles. The molecule has 4 heteroatoms. The number of carbonyl (C=O) groups is 1. The second-order valence-corrected chi connectivity index (χ2v) is 6.02. The summed E-state index contributed by atoms with van der Waals surface area (Å²) in [6, 6.07) is 5.57. The molecule has 0 saturated carbocycles. The number of carbonyl (C=O) groups excluding carboxylic acids is 1. The van der Waals surface area contributed by atoms with E-state index >= 15 is 0 Å². The number of hydrogen-bond acceptors (Lipinski definition) is 3. The van der Waals surface area contributed by atoms with Gasteiger partial charge in [0.05, 0.1) is 0 Å². The zero-order valence-electron chi connectivity index (χ0n) is 13.7. The van der Waals surface area contributed by atoms with Crippen LogP contribution in [0.15, 0.2) is 18.2 Å². The number of hydrogen-bond donors (Lipinski definition) is 1. The maximum atomic E-state index is 11.5. The highest BCUT2D eigenvalue weighted by atomic mass is 79.9. The van der Waals surface area contributed by atoms with Crippen molar-refractivity contribution in [1.82, 2.24) is 4.90 Å². The summed E-state index contributed by atoms with van der Waals surface area (Å²) < 4.78 is 0. The minimum Gasteiger partial charge on any atom is -0.507 e. The lowest BCUT2D eigenvalue weighted by Crippen LogP contribution is -2.36. The molecule has 0 bridgehead atoms. The molecule has 0 unspecified atom stereocenters. The van der Waals surface area contributed by atoms with Crippen LogP contribution >= 0.6 is 17.0 Å². The van der Waals surface area contributed by atoms with Gasteiger partial charge in [-0.25, -0.2) is 0 Å². The molecule has 1 heterocycles. The number of aromatic hydroxyl groups is 1. The lowest BCUT2D eigenvalue weighted by atomic mass is 9.91. The summed E-state index contributed by atoms with van der Waals surface area (Å²) >= 11 is 0. The van der Waals surface area contributed by atoms with Crippen molar-refractivity contribution in [2.45, 2.75) is 46.0 Å². The fourth-order valence-electron chi connectivity index (χ4n) is 2.89. The van der Waals surface area contributed by atoms with Crippen molar-refractivity contribution in [2.75, 3.05) is 19.6 Å². The third-order valence-electron chi connectivity index (χ3n) is 4.44. The predicted octanol–water partition coefficient (Wildman–Crippen LogP) is 4.43. The largest absolute Gasteiger partial charge is 0.507 e. The Kier molecular flexibility index (Phi) is 8.12. The molecule has 0 amide bonds. The van der Waals surface area contributed by atoms with Gasteiger partial charge in [0.2, 0.25) is 0 Å². The van der Waals surface area contributed by atoms with E-state index < -0.39 is 0 Å². The van der Waals surface area contributed by atoms with Gasteiger partial charge in [-0.3, -0.25) is 4.79 Å². The summed E-state index contributed by atoms with van der Waals surface area (Å²) in [7, 11) is 0. The lowest BCUT2D eigenvalue weighted by Gasteiger charge is -2.30. The van der Waals surface area contributed by atoms with Gasteiger partial charge in [-0.2, -0.15) is 0 Å². The van der Waals surface area contributed by atoms with Crippen LogP contribution in [0.2, 0.25) is 0 Å². The zero-order valence-corrected chi connectivity index (χ0v) is 15.4. The van der Waals surface area contributed by atoms with Gasteiger partial charge in [-0.05, 0) is 56.6 Å². The summed E-state index contributed by atoms with van der Waals surface area (Å²) in [6.45, 7) is 7.70. The third kappa shape index (κ3) is 5.40. The maximum absolute atomic E-state index is 11.5. The molecule has 3 rings (SSSR count). The summed E-state index contributed by atoms with van der Waals surface area (Å²) in [5, 5.41) is 8.78. The van der Waals surface area contributed by atoms with Crippen molar-refractivity contribution in [3.8, 4) is 16.9 Å². The van der Waals surface area contributed by atoms with Gasteiger partial charge >= 0.3 is 0 Å². The quantitative estimate of drug-likeness (QED) is 0.847. The van der Waals surface area contributed by atoms with Crippen molar-refractivity contribution in [1.29, 1.82) is 0 Å². The first-order chi connectivity index (χ1) is 10.2. The molecule has 1 saturated heterocycles.